The third kappa shape index (κ3) is 4.57. The largest absolute Gasteiger partial charge is 0.485 e. The second kappa shape index (κ2) is 7.09. The van der Waals surface area contributed by atoms with Crippen molar-refractivity contribution in [3.63, 3.8) is 0 Å². The maximum atomic E-state index is 10.6. The maximum absolute atomic E-state index is 10.6. The molecule has 2 rings (SSSR count). The van der Waals surface area contributed by atoms with Crippen LogP contribution in [0.25, 0.3) is 0 Å². The molecule has 0 aliphatic heterocycles. The molecule has 1 aromatic carbocycles. The van der Waals surface area contributed by atoms with E-state index in [4.69, 9.17) is 14.4 Å². The summed E-state index contributed by atoms with van der Waals surface area (Å²) in [7, 11) is 0. The Morgan fingerprint density at radius 1 is 1.33 bits per heavy atom. The Hall–Kier alpha value is -1.34. The topological polar surface area (TPSA) is 72.6 Å². The zero-order valence-electron chi connectivity index (χ0n) is 11.2. The van der Waals surface area contributed by atoms with E-state index >= 15 is 0 Å². The molecular formula is C14H13Br2NO4. The van der Waals surface area contributed by atoms with Crippen molar-refractivity contribution >= 4 is 37.8 Å². The lowest BCUT2D eigenvalue weighted by Crippen LogP contribution is -2.00. The molecule has 0 fully saturated rings. The number of aromatic nitrogens is 1. The van der Waals surface area contributed by atoms with Crippen LogP contribution in [-0.4, -0.2) is 16.2 Å². The zero-order chi connectivity index (χ0) is 15.4. The van der Waals surface area contributed by atoms with Crippen molar-refractivity contribution in [1.29, 1.82) is 0 Å². The fourth-order valence-electron chi connectivity index (χ4n) is 1.78. The molecule has 0 aliphatic carbocycles. The molecule has 112 valence electrons. The standard InChI is InChI=1S/C14H13Br2NO4/c1-8-4-10(17-21-8)7-20-14-11(15)5-9(6-12(14)16)2-3-13(18)19/h4-6H,2-3,7H2,1H3,(H,18,19). The molecule has 0 atom stereocenters. The average Bonchev–Trinajstić information content (AvgIpc) is 2.81. The fraction of sp³-hybridized carbons (Fsp3) is 0.286. The first-order valence-electron chi connectivity index (χ1n) is 6.20. The summed E-state index contributed by atoms with van der Waals surface area (Å²) in [6.07, 6.45) is 0.562. The number of carboxylic acid groups (broad SMARTS) is 1. The van der Waals surface area contributed by atoms with Gasteiger partial charge in [-0.3, -0.25) is 4.79 Å². The van der Waals surface area contributed by atoms with Gasteiger partial charge in [0.2, 0.25) is 0 Å². The third-order valence-electron chi connectivity index (χ3n) is 2.73. The van der Waals surface area contributed by atoms with Gasteiger partial charge in [0.05, 0.1) is 8.95 Å². The van der Waals surface area contributed by atoms with Crippen molar-refractivity contribution < 1.29 is 19.2 Å². The molecule has 0 radical (unpaired) electrons. The van der Waals surface area contributed by atoms with Crippen LogP contribution in [0.5, 0.6) is 5.75 Å². The first-order valence-corrected chi connectivity index (χ1v) is 7.79. The Bertz CT molecular complexity index is 631. The lowest BCUT2D eigenvalue weighted by atomic mass is 10.1. The number of carboxylic acids is 1. The molecule has 7 heteroatoms. The number of rotatable bonds is 6. The van der Waals surface area contributed by atoms with Gasteiger partial charge in [-0.15, -0.1) is 0 Å². The molecule has 0 unspecified atom stereocenters. The number of hydrogen-bond acceptors (Lipinski definition) is 4. The fourth-order valence-corrected chi connectivity index (χ4v) is 3.29. The summed E-state index contributed by atoms with van der Waals surface area (Å²) in [5.41, 5.74) is 1.63. The van der Waals surface area contributed by atoms with E-state index in [1.807, 2.05) is 25.1 Å². The van der Waals surface area contributed by atoms with Crippen molar-refractivity contribution in [2.75, 3.05) is 0 Å². The molecule has 5 nitrogen and oxygen atoms in total. The van der Waals surface area contributed by atoms with Crippen molar-refractivity contribution in [2.45, 2.75) is 26.4 Å². The third-order valence-corrected chi connectivity index (χ3v) is 3.90. The van der Waals surface area contributed by atoms with E-state index < -0.39 is 5.97 Å². The normalized spacial score (nSPS) is 10.6. The van der Waals surface area contributed by atoms with Gasteiger partial charge in [0.25, 0.3) is 0 Å². The smallest absolute Gasteiger partial charge is 0.303 e. The van der Waals surface area contributed by atoms with Crippen molar-refractivity contribution in [1.82, 2.24) is 5.16 Å². The molecule has 0 saturated carbocycles. The van der Waals surface area contributed by atoms with Gasteiger partial charge in [-0.1, -0.05) is 5.16 Å². The molecule has 1 N–H and O–H groups in total. The van der Waals surface area contributed by atoms with Crippen molar-refractivity contribution in [2.24, 2.45) is 0 Å². The molecule has 1 heterocycles. The summed E-state index contributed by atoms with van der Waals surface area (Å²) in [5.74, 6) is 0.564. The van der Waals surface area contributed by atoms with Gasteiger partial charge in [0, 0.05) is 12.5 Å². The highest BCUT2D eigenvalue weighted by Crippen LogP contribution is 2.35. The number of benzene rings is 1. The van der Waals surface area contributed by atoms with Crippen LogP contribution in [0.3, 0.4) is 0 Å². The van der Waals surface area contributed by atoms with E-state index in [2.05, 4.69) is 37.0 Å². The average molecular weight is 419 g/mol. The quantitative estimate of drug-likeness (QED) is 0.764. The molecule has 0 bridgehead atoms. The van der Waals surface area contributed by atoms with Crippen LogP contribution < -0.4 is 4.74 Å². The molecule has 0 amide bonds. The number of ether oxygens (including phenoxy) is 1. The highest BCUT2D eigenvalue weighted by Gasteiger charge is 2.11. The van der Waals surface area contributed by atoms with Crippen LogP contribution in [0.1, 0.15) is 23.4 Å². The van der Waals surface area contributed by atoms with Crippen LogP contribution in [0.4, 0.5) is 0 Å². The van der Waals surface area contributed by atoms with E-state index in [-0.39, 0.29) is 6.42 Å². The lowest BCUT2D eigenvalue weighted by molar-refractivity contribution is -0.136. The van der Waals surface area contributed by atoms with E-state index in [9.17, 15) is 4.79 Å². The first kappa shape index (κ1) is 16.0. The van der Waals surface area contributed by atoms with Crippen LogP contribution >= 0.6 is 31.9 Å². The molecule has 21 heavy (non-hydrogen) atoms. The number of hydrogen-bond donors (Lipinski definition) is 1. The van der Waals surface area contributed by atoms with Gasteiger partial charge >= 0.3 is 5.97 Å². The van der Waals surface area contributed by atoms with Gasteiger partial charge < -0.3 is 14.4 Å². The summed E-state index contributed by atoms with van der Waals surface area (Å²) >= 11 is 6.87. The molecule has 0 aliphatic rings. The first-order chi connectivity index (χ1) is 9.95. The predicted octanol–water partition coefficient (Wildman–Crippen LogP) is 4.10. The maximum Gasteiger partial charge on any atom is 0.303 e. The summed E-state index contributed by atoms with van der Waals surface area (Å²) < 4.78 is 12.2. The number of aryl methyl sites for hydroxylation is 2. The second-order valence-electron chi connectivity index (χ2n) is 4.50. The second-order valence-corrected chi connectivity index (χ2v) is 6.21. The monoisotopic (exact) mass is 417 g/mol. The van der Waals surface area contributed by atoms with Crippen molar-refractivity contribution in [3.05, 3.63) is 44.2 Å². The minimum atomic E-state index is -0.816. The Morgan fingerprint density at radius 3 is 2.52 bits per heavy atom. The van der Waals surface area contributed by atoms with Gasteiger partial charge in [-0.25, -0.2) is 0 Å². The van der Waals surface area contributed by atoms with E-state index in [1.54, 1.807) is 0 Å². The Kier molecular flexibility index (Phi) is 5.41. The van der Waals surface area contributed by atoms with Crippen LogP contribution in [0, 0.1) is 6.92 Å². The predicted molar refractivity (Wildman–Crippen MR) is 83.4 cm³/mol. The minimum absolute atomic E-state index is 0.0945. The highest BCUT2D eigenvalue weighted by molar-refractivity contribution is 9.11. The van der Waals surface area contributed by atoms with E-state index in [0.717, 1.165) is 20.3 Å². The Labute approximate surface area is 138 Å². The molecular weight excluding hydrogens is 406 g/mol. The zero-order valence-corrected chi connectivity index (χ0v) is 14.4. The molecule has 1 aromatic heterocycles. The van der Waals surface area contributed by atoms with Gasteiger partial charge in [0.1, 0.15) is 23.8 Å². The summed E-state index contributed by atoms with van der Waals surface area (Å²) in [4.78, 5) is 10.6. The minimum Gasteiger partial charge on any atom is -0.485 e. The van der Waals surface area contributed by atoms with Crippen LogP contribution in [0.15, 0.2) is 31.7 Å². The molecule has 0 spiro atoms. The van der Waals surface area contributed by atoms with Gasteiger partial charge in [-0.2, -0.15) is 0 Å². The summed E-state index contributed by atoms with van der Waals surface area (Å²) in [6, 6.07) is 5.52. The van der Waals surface area contributed by atoms with Crippen LogP contribution in [-0.2, 0) is 17.8 Å². The number of halogens is 2. The molecule has 2 aromatic rings. The SMILES string of the molecule is Cc1cc(COc2c(Br)cc(CCC(=O)O)cc2Br)no1. The Morgan fingerprint density at radius 2 is 2.00 bits per heavy atom. The van der Waals surface area contributed by atoms with Crippen LogP contribution in [0.2, 0.25) is 0 Å². The van der Waals surface area contributed by atoms with Gasteiger partial charge in [0.15, 0.2) is 0 Å². The van der Waals surface area contributed by atoms with Crippen molar-refractivity contribution in [3.8, 4) is 5.75 Å². The van der Waals surface area contributed by atoms with E-state index in [0.29, 0.717) is 24.5 Å². The lowest BCUT2D eigenvalue weighted by Gasteiger charge is -2.11. The Balaban J connectivity index is 2.07. The summed E-state index contributed by atoms with van der Waals surface area (Å²) in [6.45, 7) is 2.11. The number of aliphatic carboxylic acids is 1. The van der Waals surface area contributed by atoms with Gasteiger partial charge in [-0.05, 0) is 62.9 Å². The van der Waals surface area contributed by atoms with E-state index in [1.165, 1.54) is 0 Å². The highest BCUT2D eigenvalue weighted by atomic mass is 79.9. The molecule has 0 saturated heterocycles. The number of carbonyl (C=O) groups is 1. The summed E-state index contributed by atoms with van der Waals surface area (Å²) in [5, 5.41) is 12.6. The number of nitrogens with zero attached hydrogens (tertiary/aromatic N) is 1.